The third-order valence-corrected chi connectivity index (χ3v) is 4.44. The Morgan fingerprint density at radius 3 is 2.31 bits per heavy atom. The fourth-order valence-corrected chi connectivity index (χ4v) is 3.03. The van der Waals surface area contributed by atoms with E-state index in [0.29, 0.717) is 43.4 Å². The number of anilines is 1. The lowest BCUT2D eigenvalue weighted by Gasteiger charge is -2.18. The number of carbonyl (C=O) groups excluding carboxylic acids is 1. The Hall–Kier alpha value is -3.24. The fourth-order valence-electron chi connectivity index (χ4n) is 3.03. The maximum absolute atomic E-state index is 12.5. The molecule has 0 saturated heterocycles. The zero-order valence-electron chi connectivity index (χ0n) is 16.5. The number of fused-ring (bicyclic) bond motifs is 1. The number of carboxylic acids is 2. The summed E-state index contributed by atoms with van der Waals surface area (Å²) in [5, 5.41) is 30.0. The molecule has 2 aromatic rings. The standard InChI is InChI=1S/C18H25N5O6/c1-12(24)23(10-6-4-8-14(27)28)18-19-16-15(17(29)20-18)21(2)11-22(16)9-5-3-7-13(25)26/h11H,3-10H2,1-2H3,(H2-,19,20,25,26,27,28,29). The third-order valence-electron chi connectivity index (χ3n) is 4.44. The minimum Gasteiger partial charge on any atom is -0.856 e. The van der Waals surface area contributed by atoms with Crippen LogP contribution in [0.2, 0.25) is 0 Å². The summed E-state index contributed by atoms with van der Waals surface area (Å²) in [6.07, 6.45) is 3.65. The van der Waals surface area contributed by atoms with Crippen LogP contribution in [0.15, 0.2) is 6.33 Å². The summed E-state index contributed by atoms with van der Waals surface area (Å²) >= 11 is 0. The van der Waals surface area contributed by atoms with Gasteiger partial charge >= 0.3 is 23.5 Å². The molecule has 2 N–H and O–H groups in total. The Balaban J connectivity index is 2.25. The molecule has 0 atom stereocenters. The van der Waals surface area contributed by atoms with Gasteiger partial charge in [0.05, 0.1) is 13.6 Å². The first-order chi connectivity index (χ1) is 13.7. The van der Waals surface area contributed by atoms with E-state index in [1.807, 2.05) is 0 Å². The molecule has 2 aromatic heterocycles. The van der Waals surface area contributed by atoms with E-state index < -0.39 is 17.8 Å². The molecule has 0 aliphatic heterocycles. The number of amides is 1. The van der Waals surface area contributed by atoms with Gasteiger partial charge in [-0.05, 0) is 25.7 Å². The molecule has 0 fully saturated rings. The van der Waals surface area contributed by atoms with E-state index in [1.165, 1.54) is 11.8 Å². The van der Waals surface area contributed by atoms with Gasteiger partial charge in [-0.1, -0.05) is 4.98 Å². The zero-order chi connectivity index (χ0) is 21.6. The van der Waals surface area contributed by atoms with Crippen molar-refractivity contribution in [1.29, 1.82) is 0 Å². The van der Waals surface area contributed by atoms with E-state index in [9.17, 15) is 19.5 Å². The van der Waals surface area contributed by atoms with Crippen molar-refractivity contribution in [2.45, 2.75) is 52.0 Å². The Bertz CT molecular complexity index is 910. The maximum atomic E-state index is 12.5. The first-order valence-corrected chi connectivity index (χ1v) is 9.36. The highest BCUT2D eigenvalue weighted by Gasteiger charge is 2.23. The average Bonchev–Trinajstić information content (AvgIpc) is 2.94. The number of rotatable bonds is 11. The summed E-state index contributed by atoms with van der Waals surface area (Å²) in [5.41, 5.74) is 0.663. The van der Waals surface area contributed by atoms with Gasteiger partial charge in [-0.25, -0.2) is 9.55 Å². The van der Waals surface area contributed by atoms with Gasteiger partial charge in [0.2, 0.25) is 5.91 Å². The summed E-state index contributed by atoms with van der Waals surface area (Å²) in [7, 11) is 1.69. The lowest BCUT2D eigenvalue weighted by atomic mass is 10.2. The van der Waals surface area contributed by atoms with Gasteiger partial charge in [0.15, 0.2) is 11.8 Å². The van der Waals surface area contributed by atoms with Crippen LogP contribution in [0.25, 0.3) is 11.2 Å². The van der Waals surface area contributed by atoms with E-state index >= 15 is 0 Å². The van der Waals surface area contributed by atoms with Crippen LogP contribution >= 0.6 is 0 Å². The number of carboxylic acid groups (broad SMARTS) is 2. The molecule has 0 saturated carbocycles. The van der Waals surface area contributed by atoms with Crippen molar-refractivity contribution in [2.24, 2.45) is 7.05 Å². The van der Waals surface area contributed by atoms with E-state index in [1.54, 1.807) is 22.5 Å². The lowest BCUT2D eigenvalue weighted by molar-refractivity contribution is -0.674. The zero-order valence-corrected chi connectivity index (χ0v) is 16.5. The van der Waals surface area contributed by atoms with E-state index in [2.05, 4.69) is 9.97 Å². The third kappa shape index (κ3) is 5.87. The molecule has 0 unspecified atom stereocenters. The number of aryl methyl sites for hydroxylation is 2. The van der Waals surface area contributed by atoms with Gasteiger partial charge in [-0.15, -0.1) is 0 Å². The summed E-state index contributed by atoms with van der Waals surface area (Å²) in [4.78, 5) is 43.0. The number of nitrogens with zero attached hydrogens (tertiary/aromatic N) is 5. The lowest BCUT2D eigenvalue weighted by Crippen LogP contribution is -2.35. The number of hydrogen-bond acceptors (Lipinski definition) is 6. The number of imidazole rings is 1. The number of unbranched alkanes of at least 4 members (excludes halogenated alkanes) is 2. The Morgan fingerprint density at radius 1 is 1.10 bits per heavy atom. The largest absolute Gasteiger partial charge is 0.856 e. The van der Waals surface area contributed by atoms with E-state index in [0.717, 1.165) is 0 Å². The van der Waals surface area contributed by atoms with Crippen LogP contribution in [0, 0.1) is 0 Å². The van der Waals surface area contributed by atoms with Gasteiger partial charge in [0, 0.05) is 32.2 Å². The summed E-state index contributed by atoms with van der Waals surface area (Å²) in [5.74, 6) is -2.65. The maximum Gasteiger partial charge on any atom is 0.309 e. The van der Waals surface area contributed by atoms with Gasteiger partial charge in [-0.3, -0.25) is 23.9 Å². The topological polar surface area (TPSA) is 153 Å². The predicted molar refractivity (Wildman–Crippen MR) is 99.2 cm³/mol. The van der Waals surface area contributed by atoms with Crippen LogP contribution in [0.3, 0.4) is 0 Å². The van der Waals surface area contributed by atoms with Crippen LogP contribution in [0.5, 0.6) is 5.88 Å². The molecule has 0 radical (unpaired) electrons. The first-order valence-electron chi connectivity index (χ1n) is 9.36. The van der Waals surface area contributed by atoms with Crippen molar-refractivity contribution in [3.05, 3.63) is 6.33 Å². The highest BCUT2D eigenvalue weighted by Crippen LogP contribution is 2.21. The SMILES string of the molecule is CC(=O)N(CCCCC(=O)O)c1nc([O-])c2c(n1)[n+](CCCCC(=O)O)cn2C. The molecule has 0 bridgehead atoms. The fraction of sp³-hybridized carbons (Fsp3) is 0.556. The molecular weight excluding hydrogens is 382 g/mol. The molecule has 29 heavy (non-hydrogen) atoms. The molecule has 0 aliphatic rings. The molecule has 11 heteroatoms. The highest BCUT2D eigenvalue weighted by atomic mass is 16.4. The van der Waals surface area contributed by atoms with Crippen LogP contribution in [-0.4, -0.2) is 49.1 Å². The molecule has 1 amide bonds. The molecule has 0 spiro atoms. The summed E-state index contributed by atoms with van der Waals surface area (Å²) in [6.45, 7) is 2.01. The van der Waals surface area contributed by atoms with Crippen LogP contribution in [0.1, 0.15) is 45.4 Å². The molecule has 0 aliphatic carbocycles. The Morgan fingerprint density at radius 2 is 1.72 bits per heavy atom. The average molecular weight is 407 g/mol. The quantitative estimate of drug-likeness (QED) is 0.395. The van der Waals surface area contributed by atoms with E-state index in [-0.39, 0.29) is 31.2 Å². The van der Waals surface area contributed by atoms with Gasteiger partial charge < -0.3 is 15.3 Å². The van der Waals surface area contributed by atoms with Crippen molar-refractivity contribution in [1.82, 2.24) is 14.5 Å². The highest BCUT2D eigenvalue weighted by molar-refractivity contribution is 5.90. The minimum atomic E-state index is -0.910. The number of hydrogen-bond donors (Lipinski definition) is 2. The van der Waals surface area contributed by atoms with Gasteiger partial charge in [-0.2, -0.15) is 0 Å². The Kier molecular flexibility index (Phi) is 7.46. The van der Waals surface area contributed by atoms with Gasteiger partial charge in [0.1, 0.15) is 0 Å². The smallest absolute Gasteiger partial charge is 0.309 e. The van der Waals surface area contributed by atoms with Crippen molar-refractivity contribution < 1.29 is 34.3 Å². The summed E-state index contributed by atoms with van der Waals surface area (Å²) < 4.78 is 3.34. The molecular formula is C18H25N5O6. The number of aromatic nitrogens is 4. The van der Waals surface area contributed by atoms with Gasteiger partial charge in [0.25, 0.3) is 0 Å². The molecule has 2 rings (SSSR count). The second kappa shape index (κ2) is 9.80. The normalized spacial score (nSPS) is 11.0. The van der Waals surface area contributed by atoms with Crippen LogP contribution < -0.4 is 14.6 Å². The van der Waals surface area contributed by atoms with E-state index in [4.69, 9.17) is 10.2 Å². The minimum absolute atomic E-state index is 0.00648. The number of carbonyl (C=O) groups is 3. The van der Waals surface area contributed by atoms with Crippen molar-refractivity contribution >= 4 is 35.0 Å². The van der Waals surface area contributed by atoms with Crippen molar-refractivity contribution in [3.8, 4) is 5.88 Å². The predicted octanol–water partition coefficient (Wildman–Crippen LogP) is 0.192. The van der Waals surface area contributed by atoms with Crippen LogP contribution in [-0.2, 0) is 28.0 Å². The number of aliphatic carboxylic acids is 2. The molecule has 11 nitrogen and oxygen atoms in total. The first kappa shape index (κ1) is 22.1. The Labute approximate surface area is 167 Å². The second-order valence-corrected chi connectivity index (χ2v) is 6.79. The molecule has 158 valence electrons. The second-order valence-electron chi connectivity index (χ2n) is 6.79. The monoisotopic (exact) mass is 407 g/mol. The summed E-state index contributed by atoms with van der Waals surface area (Å²) in [6, 6.07) is 0. The van der Waals surface area contributed by atoms with Crippen LogP contribution in [0.4, 0.5) is 5.95 Å². The molecule has 2 heterocycles. The van der Waals surface area contributed by atoms with Crippen molar-refractivity contribution in [3.63, 3.8) is 0 Å². The molecule has 0 aromatic carbocycles. The van der Waals surface area contributed by atoms with Crippen molar-refractivity contribution in [2.75, 3.05) is 11.4 Å².